The highest BCUT2D eigenvalue weighted by molar-refractivity contribution is 14.1. The molecule has 124 valence electrons. The van der Waals surface area contributed by atoms with Gasteiger partial charge in [-0.25, -0.2) is 19.9 Å². The first-order chi connectivity index (χ1) is 11.2. The molecule has 1 saturated heterocycles. The van der Waals surface area contributed by atoms with E-state index < -0.39 is 0 Å². The van der Waals surface area contributed by atoms with E-state index in [0.717, 1.165) is 40.1 Å². The molecule has 2 aromatic heterocycles. The predicted molar refractivity (Wildman–Crippen MR) is 103 cm³/mol. The number of aryl methyl sites for hydroxylation is 1. The highest BCUT2D eigenvalue weighted by Crippen LogP contribution is 2.21. The minimum absolute atomic E-state index is 0.571. The van der Waals surface area contributed by atoms with Crippen molar-refractivity contribution in [2.45, 2.75) is 38.5 Å². The van der Waals surface area contributed by atoms with Crippen LogP contribution in [-0.4, -0.2) is 33.0 Å². The standard InChI is InChI=1S/C12H19N3.C4H2BrIN2/c1-2-3-10-8-14-12(15-9-10)11-4-6-13-7-5-11;5-3-1-7-4(6)8-2-3/h8-9,11,13H,2-7H2,1H3;1-2H. The Kier molecular flexibility index (Phi) is 8.32. The van der Waals surface area contributed by atoms with Crippen molar-refractivity contribution in [3.05, 3.63) is 44.5 Å². The second-order valence-electron chi connectivity index (χ2n) is 5.39. The first-order valence-electron chi connectivity index (χ1n) is 7.83. The van der Waals surface area contributed by atoms with Gasteiger partial charge in [-0.1, -0.05) is 13.3 Å². The second-order valence-corrected chi connectivity index (χ2v) is 7.27. The third-order valence-electron chi connectivity index (χ3n) is 3.56. The van der Waals surface area contributed by atoms with Gasteiger partial charge in [-0.15, -0.1) is 0 Å². The van der Waals surface area contributed by atoms with Gasteiger partial charge in [0, 0.05) is 53.3 Å². The van der Waals surface area contributed by atoms with Crippen LogP contribution in [0.25, 0.3) is 0 Å². The van der Waals surface area contributed by atoms with Crippen LogP contribution in [0.5, 0.6) is 0 Å². The Balaban J connectivity index is 0.000000203. The van der Waals surface area contributed by atoms with Crippen LogP contribution in [0.3, 0.4) is 0 Å². The highest BCUT2D eigenvalue weighted by atomic mass is 127. The van der Waals surface area contributed by atoms with Gasteiger partial charge in [-0.2, -0.15) is 0 Å². The zero-order chi connectivity index (χ0) is 16.5. The van der Waals surface area contributed by atoms with E-state index in [1.807, 2.05) is 12.4 Å². The number of halogens is 2. The Morgan fingerprint density at radius 1 is 1.09 bits per heavy atom. The Labute approximate surface area is 159 Å². The Hall–Kier alpha value is -0.670. The number of hydrogen-bond donors (Lipinski definition) is 1. The van der Waals surface area contributed by atoms with E-state index in [1.165, 1.54) is 18.4 Å². The van der Waals surface area contributed by atoms with Gasteiger partial charge in [0.25, 0.3) is 0 Å². The molecule has 0 aliphatic carbocycles. The fourth-order valence-corrected chi connectivity index (χ4v) is 2.85. The van der Waals surface area contributed by atoms with E-state index in [9.17, 15) is 0 Å². The third kappa shape index (κ3) is 6.76. The smallest absolute Gasteiger partial charge is 0.190 e. The minimum Gasteiger partial charge on any atom is -0.317 e. The molecular weight excluding hydrogens is 469 g/mol. The molecule has 2 aromatic rings. The number of piperidine rings is 1. The lowest BCUT2D eigenvalue weighted by molar-refractivity contribution is 0.444. The summed E-state index contributed by atoms with van der Waals surface area (Å²) in [7, 11) is 0. The number of nitrogens with zero attached hydrogens (tertiary/aromatic N) is 4. The molecule has 5 nitrogen and oxygen atoms in total. The molecule has 0 atom stereocenters. The zero-order valence-electron chi connectivity index (χ0n) is 13.2. The summed E-state index contributed by atoms with van der Waals surface area (Å²) in [5.41, 5.74) is 1.26. The van der Waals surface area contributed by atoms with Gasteiger partial charge in [0.1, 0.15) is 5.82 Å². The van der Waals surface area contributed by atoms with Crippen molar-refractivity contribution in [1.29, 1.82) is 0 Å². The van der Waals surface area contributed by atoms with Crippen molar-refractivity contribution >= 4 is 38.5 Å². The lowest BCUT2D eigenvalue weighted by atomic mass is 9.97. The first kappa shape index (κ1) is 18.7. The molecule has 3 heterocycles. The lowest BCUT2D eigenvalue weighted by Gasteiger charge is -2.21. The molecule has 0 aromatic carbocycles. The molecule has 7 heteroatoms. The molecule has 23 heavy (non-hydrogen) atoms. The van der Waals surface area contributed by atoms with Gasteiger partial charge in [-0.3, -0.25) is 0 Å². The van der Waals surface area contributed by atoms with Crippen molar-refractivity contribution in [2.75, 3.05) is 13.1 Å². The van der Waals surface area contributed by atoms with E-state index in [1.54, 1.807) is 12.4 Å². The summed E-state index contributed by atoms with van der Waals surface area (Å²) in [5, 5.41) is 3.36. The molecule has 1 fully saturated rings. The van der Waals surface area contributed by atoms with E-state index in [-0.39, 0.29) is 0 Å². The minimum atomic E-state index is 0.571. The average molecular weight is 490 g/mol. The summed E-state index contributed by atoms with van der Waals surface area (Å²) in [6.45, 7) is 4.39. The van der Waals surface area contributed by atoms with Crippen LogP contribution in [0, 0.1) is 3.83 Å². The van der Waals surface area contributed by atoms with Crippen LogP contribution in [0.15, 0.2) is 29.3 Å². The van der Waals surface area contributed by atoms with Crippen LogP contribution < -0.4 is 5.32 Å². The fraction of sp³-hybridized carbons (Fsp3) is 0.500. The van der Waals surface area contributed by atoms with E-state index in [2.05, 4.69) is 70.7 Å². The molecule has 3 rings (SSSR count). The van der Waals surface area contributed by atoms with Crippen LogP contribution in [0.4, 0.5) is 0 Å². The Morgan fingerprint density at radius 3 is 2.22 bits per heavy atom. The van der Waals surface area contributed by atoms with Crippen molar-refractivity contribution in [3.63, 3.8) is 0 Å². The number of rotatable bonds is 3. The van der Waals surface area contributed by atoms with Crippen LogP contribution >= 0.6 is 38.5 Å². The predicted octanol–water partition coefficient (Wildman–Crippen LogP) is 3.74. The number of hydrogen-bond acceptors (Lipinski definition) is 5. The maximum Gasteiger partial charge on any atom is 0.190 e. The first-order valence-corrected chi connectivity index (χ1v) is 9.70. The van der Waals surface area contributed by atoms with Gasteiger partial charge < -0.3 is 5.32 Å². The van der Waals surface area contributed by atoms with Gasteiger partial charge in [0.05, 0.1) is 4.47 Å². The normalized spacial score (nSPS) is 14.9. The zero-order valence-corrected chi connectivity index (χ0v) is 16.9. The molecule has 0 radical (unpaired) electrons. The van der Waals surface area contributed by atoms with Crippen molar-refractivity contribution < 1.29 is 0 Å². The van der Waals surface area contributed by atoms with Gasteiger partial charge in [0.15, 0.2) is 3.83 Å². The van der Waals surface area contributed by atoms with Gasteiger partial charge >= 0.3 is 0 Å². The maximum atomic E-state index is 4.48. The summed E-state index contributed by atoms with van der Waals surface area (Å²) < 4.78 is 1.68. The van der Waals surface area contributed by atoms with Gasteiger partial charge in [0.2, 0.25) is 0 Å². The van der Waals surface area contributed by atoms with Crippen molar-refractivity contribution in [2.24, 2.45) is 0 Å². The highest BCUT2D eigenvalue weighted by Gasteiger charge is 2.17. The lowest BCUT2D eigenvalue weighted by Crippen LogP contribution is -2.27. The topological polar surface area (TPSA) is 63.6 Å². The van der Waals surface area contributed by atoms with E-state index >= 15 is 0 Å². The molecular formula is C16H21BrIN5. The van der Waals surface area contributed by atoms with E-state index in [4.69, 9.17) is 0 Å². The third-order valence-corrected chi connectivity index (χ3v) is 4.52. The largest absolute Gasteiger partial charge is 0.317 e. The second kappa shape index (κ2) is 10.2. The van der Waals surface area contributed by atoms with E-state index in [0.29, 0.717) is 5.92 Å². The van der Waals surface area contributed by atoms with Crippen molar-refractivity contribution in [3.8, 4) is 0 Å². The molecule has 1 aliphatic heterocycles. The maximum absolute atomic E-state index is 4.48. The summed E-state index contributed by atoms with van der Waals surface area (Å²) in [6.07, 6.45) is 12.0. The summed E-state index contributed by atoms with van der Waals surface area (Å²) >= 11 is 5.27. The average Bonchev–Trinajstić information content (AvgIpc) is 2.60. The van der Waals surface area contributed by atoms with Crippen LogP contribution in [0.1, 0.15) is 43.5 Å². The quantitative estimate of drug-likeness (QED) is 0.525. The molecule has 0 saturated carbocycles. The fourth-order valence-electron chi connectivity index (χ4n) is 2.37. The molecule has 1 N–H and O–H groups in total. The van der Waals surface area contributed by atoms with Crippen molar-refractivity contribution in [1.82, 2.24) is 25.3 Å². The molecule has 1 aliphatic rings. The number of aromatic nitrogens is 4. The molecule has 0 spiro atoms. The summed E-state index contributed by atoms with van der Waals surface area (Å²) in [5.74, 6) is 1.61. The molecule has 0 amide bonds. The Morgan fingerprint density at radius 2 is 1.70 bits per heavy atom. The molecule has 0 bridgehead atoms. The Bertz CT molecular complexity index is 549. The van der Waals surface area contributed by atoms with Gasteiger partial charge in [-0.05, 0) is 53.8 Å². The SMILES string of the molecule is Brc1cnc(I)nc1.CCCc1cnc(C2CCNCC2)nc1. The summed E-state index contributed by atoms with van der Waals surface area (Å²) in [4.78, 5) is 16.8. The summed E-state index contributed by atoms with van der Waals surface area (Å²) in [6, 6.07) is 0. The molecule has 0 unspecified atom stereocenters. The monoisotopic (exact) mass is 489 g/mol. The van der Waals surface area contributed by atoms with Crippen LogP contribution in [-0.2, 0) is 6.42 Å². The van der Waals surface area contributed by atoms with Crippen LogP contribution in [0.2, 0.25) is 0 Å². The number of nitrogens with one attached hydrogen (secondary N) is 1.